The zero-order chi connectivity index (χ0) is 21.7. The van der Waals surface area contributed by atoms with Crippen molar-refractivity contribution in [2.45, 2.75) is 62.8 Å². The maximum Gasteiger partial charge on any atom is 0.229 e. The van der Waals surface area contributed by atoms with E-state index in [-0.39, 0.29) is 0 Å². The predicted octanol–water partition coefficient (Wildman–Crippen LogP) is 1.68. The van der Waals surface area contributed by atoms with Gasteiger partial charge in [0, 0.05) is 5.56 Å². The van der Waals surface area contributed by atoms with E-state index in [1.165, 1.54) is 37.7 Å². The van der Waals surface area contributed by atoms with Crippen LogP contribution in [0.2, 0.25) is 0 Å². The molecular formula is C24H32O7. The Balaban J connectivity index is 1.40. The summed E-state index contributed by atoms with van der Waals surface area (Å²) in [6.07, 6.45) is -0.0888. The van der Waals surface area contributed by atoms with Crippen LogP contribution in [-0.2, 0) is 9.47 Å². The Kier molecular flexibility index (Phi) is 5.73. The lowest BCUT2D eigenvalue weighted by Gasteiger charge is -2.51. The van der Waals surface area contributed by atoms with Gasteiger partial charge in [0.1, 0.15) is 35.9 Å². The van der Waals surface area contributed by atoms with Gasteiger partial charge in [-0.3, -0.25) is 0 Å². The number of aliphatic hydroxyl groups excluding tert-OH is 4. The van der Waals surface area contributed by atoms with E-state index in [1.807, 2.05) is 18.2 Å². The smallest absolute Gasteiger partial charge is 0.229 e. The molecule has 1 aromatic rings. The number of aliphatic hydroxyl groups is 4. The van der Waals surface area contributed by atoms with Crippen LogP contribution in [0.5, 0.6) is 5.75 Å². The molecule has 0 amide bonds. The highest BCUT2D eigenvalue weighted by atomic mass is 16.7. The van der Waals surface area contributed by atoms with Crippen molar-refractivity contribution in [2.24, 2.45) is 23.7 Å². The fourth-order valence-electron chi connectivity index (χ4n) is 6.47. The standard InChI is InChI=1S/C24H32O7/c1-29-23(19-15-6-12-5-13(8-15)9-16(19)7-12)14-3-2-4-17(10-14)30-24-22(28)21(27)20(26)18(11-25)31-24/h2-4,10,12-13,15-16,18,20-22,24-28H,5-9,11H2,1H3/t12?,13?,15?,16?,18-,20-,21+,22-,24-/m1/s1. The van der Waals surface area contributed by atoms with Crippen molar-refractivity contribution >= 4 is 5.76 Å². The van der Waals surface area contributed by atoms with E-state index in [1.54, 1.807) is 13.2 Å². The molecule has 1 heterocycles. The Morgan fingerprint density at radius 2 is 1.65 bits per heavy atom. The van der Waals surface area contributed by atoms with Gasteiger partial charge in [0.25, 0.3) is 0 Å². The SMILES string of the molecule is COC(=C1C2CC3CC(C2)CC1C3)c1cccc(O[C@@H]2O[C@H](CO)[C@@H](O)[C@H](O)[C@H]2O)c1. The Hall–Kier alpha value is -1.64. The molecule has 1 aromatic carbocycles. The highest BCUT2D eigenvalue weighted by Gasteiger charge is 2.47. The van der Waals surface area contributed by atoms with E-state index in [4.69, 9.17) is 14.2 Å². The molecule has 4 bridgehead atoms. The summed E-state index contributed by atoms with van der Waals surface area (Å²) in [5.74, 6) is 4.31. The maximum atomic E-state index is 10.3. The Morgan fingerprint density at radius 3 is 2.26 bits per heavy atom. The van der Waals surface area contributed by atoms with E-state index in [0.29, 0.717) is 17.6 Å². The molecule has 5 fully saturated rings. The van der Waals surface area contributed by atoms with Gasteiger partial charge in [-0.2, -0.15) is 0 Å². The molecule has 5 aliphatic rings. The van der Waals surface area contributed by atoms with Crippen LogP contribution in [0.15, 0.2) is 29.8 Å². The molecule has 4 saturated carbocycles. The second-order valence-electron chi connectivity index (χ2n) is 9.64. The predicted molar refractivity (Wildman–Crippen MR) is 112 cm³/mol. The van der Waals surface area contributed by atoms with Crippen LogP contribution < -0.4 is 4.74 Å². The number of rotatable bonds is 5. The van der Waals surface area contributed by atoms with Gasteiger partial charge in [0.2, 0.25) is 6.29 Å². The van der Waals surface area contributed by atoms with Crippen molar-refractivity contribution in [3.63, 3.8) is 0 Å². The van der Waals surface area contributed by atoms with Crippen LogP contribution in [0.4, 0.5) is 0 Å². The number of allylic oxidation sites excluding steroid dienone is 1. The molecule has 0 spiro atoms. The van der Waals surface area contributed by atoms with Crippen molar-refractivity contribution < 1.29 is 34.6 Å². The lowest BCUT2D eigenvalue weighted by molar-refractivity contribution is -0.277. The van der Waals surface area contributed by atoms with Gasteiger partial charge in [-0.1, -0.05) is 12.1 Å². The second-order valence-corrected chi connectivity index (χ2v) is 9.64. The first-order chi connectivity index (χ1) is 15.0. The van der Waals surface area contributed by atoms with Crippen LogP contribution in [0, 0.1) is 23.7 Å². The number of benzene rings is 1. The highest BCUT2D eigenvalue weighted by molar-refractivity contribution is 5.66. The lowest BCUT2D eigenvalue weighted by atomic mass is 9.54. The van der Waals surface area contributed by atoms with Gasteiger partial charge in [0.15, 0.2) is 0 Å². The maximum absolute atomic E-state index is 10.3. The number of methoxy groups -OCH3 is 1. The molecule has 31 heavy (non-hydrogen) atoms. The number of hydrogen-bond acceptors (Lipinski definition) is 7. The Labute approximate surface area is 182 Å². The van der Waals surface area contributed by atoms with E-state index in [2.05, 4.69) is 0 Å². The molecule has 6 rings (SSSR count). The molecular weight excluding hydrogens is 400 g/mol. The monoisotopic (exact) mass is 432 g/mol. The van der Waals surface area contributed by atoms with E-state index >= 15 is 0 Å². The molecule has 170 valence electrons. The topological polar surface area (TPSA) is 109 Å². The summed E-state index contributed by atoms with van der Waals surface area (Å²) < 4.78 is 17.2. The summed E-state index contributed by atoms with van der Waals surface area (Å²) in [6, 6.07) is 7.47. The van der Waals surface area contributed by atoms with Gasteiger partial charge in [-0.15, -0.1) is 0 Å². The third-order valence-electron chi connectivity index (χ3n) is 7.68. The zero-order valence-electron chi connectivity index (χ0n) is 17.8. The average molecular weight is 433 g/mol. The fraction of sp³-hybridized carbons (Fsp3) is 0.667. The van der Waals surface area contributed by atoms with Gasteiger partial charge in [-0.25, -0.2) is 0 Å². The van der Waals surface area contributed by atoms with Crippen molar-refractivity contribution in [3.8, 4) is 5.75 Å². The van der Waals surface area contributed by atoms with Crippen molar-refractivity contribution in [1.29, 1.82) is 0 Å². The Bertz CT molecular complexity index is 805. The third-order valence-corrected chi connectivity index (χ3v) is 7.68. The Morgan fingerprint density at radius 1 is 0.968 bits per heavy atom. The minimum atomic E-state index is -1.47. The summed E-state index contributed by atoms with van der Waals surface area (Å²) in [5.41, 5.74) is 2.37. The molecule has 7 nitrogen and oxygen atoms in total. The number of ether oxygens (including phenoxy) is 3. The molecule has 1 saturated heterocycles. The van der Waals surface area contributed by atoms with Gasteiger partial charge in [0.05, 0.1) is 13.7 Å². The second kappa shape index (κ2) is 8.37. The minimum absolute atomic E-state index is 0.459. The molecule has 0 aromatic heterocycles. The van der Waals surface area contributed by atoms with Crippen molar-refractivity contribution in [3.05, 3.63) is 35.4 Å². The molecule has 4 N–H and O–H groups in total. The lowest BCUT2D eigenvalue weighted by Crippen LogP contribution is -2.60. The molecule has 0 unspecified atom stereocenters. The highest BCUT2D eigenvalue weighted by Crippen LogP contribution is 2.58. The minimum Gasteiger partial charge on any atom is -0.496 e. The van der Waals surface area contributed by atoms with E-state index in [0.717, 1.165) is 23.2 Å². The van der Waals surface area contributed by atoms with Gasteiger partial charge >= 0.3 is 0 Å². The normalized spacial score (nSPS) is 41.3. The van der Waals surface area contributed by atoms with Gasteiger partial charge < -0.3 is 34.6 Å². The first kappa shape index (κ1) is 21.2. The third kappa shape index (κ3) is 3.76. The molecule has 5 atom stereocenters. The van der Waals surface area contributed by atoms with E-state index in [9.17, 15) is 20.4 Å². The summed E-state index contributed by atoms with van der Waals surface area (Å²) in [7, 11) is 1.72. The molecule has 7 heteroatoms. The van der Waals surface area contributed by atoms with Crippen molar-refractivity contribution in [2.75, 3.05) is 13.7 Å². The summed E-state index contributed by atoms with van der Waals surface area (Å²) in [6.45, 7) is -0.491. The fourth-order valence-corrected chi connectivity index (χ4v) is 6.47. The van der Waals surface area contributed by atoms with E-state index < -0.39 is 37.3 Å². The molecule has 4 aliphatic carbocycles. The molecule has 0 radical (unpaired) electrons. The van der Waals surface area contributed by atoms with Crippen molar-refractivity contribution in [1.82, 2.24) is 0 Å². The summed E-state index contributed by atoms with van der Waals surface area (Å²) in [5, 5.41) is 39.6. The van der Waals surface area contributed by atoms with Crippen LogP contribution >= 0.6 is 0 Å². The van der Waals surface area contributed by atoms with Gasteiger partial charge in [-0.05, 0) is 73.5 Å². The quantitative estimate of drug-likeness (QED) is 0.524. The largest absolute Gasteiger partial charge is 0.496 e. The first-order valence-corrected chi connectivity index (χ1v) is 11.3. The summed E-state index contributed by atoms with van der Waals surface area (Å²) in [4.78, 5) is 0. The average Bonchev–Trinajstić information content (AvgIpc) is 2.76. The van der Waals surface area contributed by atoms with Crippen LogP contribution in [0.1, 0.15) is 37.7 Å². The zero-order valence-corrected chi connectivity index (χ0v) is 17.8. The van der Waals surface area contributed by atoms with Crippen LogP contribution in [0.3, 0.4) is 0 Å². The number of hydrogen-bond donors (Lipinski definition) is 4. The summed E-state index contributed by atoms with van der Waals surface area (Å²) >= 11 is 0. The molecule has 1 aliphatic heterocycles. The van der Waals surface area contributed by atoms with Crippen LogP contribution in [0.25, 0.3) is 5.76 Å². The van der Waals surface area contributed by atoms with Crippen LogP contribution in [-0.4, -0.2) is 64.8 Å². The first-order valence-electron chi connectivity index (χ1n) is 11.3.